The van der Waals surface area contributed by atoms with E-state index in [1.807, 2.05) is 0 Å². The SMILES string of the molecule is NC(=O)CCCCNC(=O)NC1CCCC(C(=O)O)C1. The Bertz CT molecular complexity index is 360. The van der Waals surface area contributed by atoms with E-state index in [4.69, 9.17) is 10.8 Å². The molecule has 1 saturated carbocycles. The molecule has 7 heteroatoms. The van der Waals surface area contributed by atoms with E-state index in [-0.39, 0.29) is 23.9 Å². The van der Waals surface area contributed by atoms with Crippen LogP contribution in [0.15, 0.2) is 0 Å². The van der Waals surface area contributed by atoms with Crippen molar-refractivity contribution in [3.8, 4) is 0 Å². The van der Waals surface area contributed by atoms with E-state index in [2.05, 4.69) is 10.6 Å². The Labute approximate surface area is 118 Å². The van der Waals surface area contributed by atoms with Gasteiger partial charge in [0.25, 0.3) is 0 Å². The van der Waals surface area contributed by atoms with E-state index in [9.17, 15) is 14.4 Å². The molecule has 3 amide bonds. The first-order chi connectivity index (χ1) is 9.49. The molecule has 114 valence electrons. The lowest BCUT2D eigenvalue weighted by Gasteiger charge is -2.27. The number of carbonyl (C=O) groups excluding carboxylic acids is 2. The number of carboxylic acids is 1. The van der Waals surface area contributed by atoms with Crippen LogP contribution in [0.4, 0.5) is 4.79 Å². The predicted molar refractivity (Wildman–Crippen MR) is 73.0 cm³/mol. The van der Waals surface area contributed by atoms with Gasteiger partial charge in [-0.05, 0) is 32.1 Å². The van der Waals surface area contributed by atoms with Crippen LogP contribution in [0, 0.1) is 5.92 Å². The summed E-state index contributed by atoms with van der Waals surface area (Å²) in [7, 11) is 0. The number of rotatable bonds is 7. The fourth-order valence-electron chi connectivity index (χ4n) is 2.41. The molecule has 1 aliphatic rings. The van der Waals surface area contributed by atoms with Gasteiger partial charge in [-0.1, -0.05) is 6.42 Å². The molecule has 1 aliphatic carbocycles. The lowest BCUT2D eigenvalue weighted by atomic mass is 9.86. The summed E-state index contributed by atoms with van der Waals surface area (Å²) < 4.78 is 0. The number of hydrogen-bond donors (Lipinski definition) is 4. The molecule has 0 heterocycles. The number of carboxylic acid groups (broad SMARTS) is 1. The van der Waals surface area contributed by atoms with Crippen molar-refractivity contribution in [2.75, 3.05) is 6.54 Å². The van der Waals surface area contributed by atoms with Crippen molar-refractivity contribution in [3.63, 3.8) is 0 Å². The molecule has 0 radical (unpaired) electrons. The second-order valence-corrected chi connectivity index (χ2v) is 5.22. The summed E-state index contributed by atoms with van der Waals surface area (Å²) >= 11 is 0. The van der Waals surface area contributed by atoms with Crippen LogP contribution in [0.1, 0.15) is 44.9 Å². The van der Waals surface area contributed by atoms with Crippen molar-refractivity contribution in [1.82, 2.24) is 10.6 Å². The van der Waals surface area contributed by atoms with Crippen molar-refractivity contribution >= 4 is 17.9 Å². The average Bonchev–Trinajstić information content (AvgIpc) is 2.38. The number of hydrogen-bond acceptors (Lipinski definition) is 3. The van der Waals surface area contributed by atoms with Gasteiger partial charge in [-0.2, -0.15) is 0 Å². The third kappa shape index (κ3) is 6.40. The maximum atomic E-state index is 11.6. The molecule has 1 fully saturated rings. The zero-order valence-corrected chi connectivity index (χ0v) is 11.6. The molecule has 0 aromatic rings. The zero-order chi connectivity index (χ0) is 15.0. The first kappa shape index (κ1) is 16.3. The zero-order valence-electron chi connectivity index (χ0n) is 11.6. The van der Waals surface area contributed by atoms with Gasteiger partial charge in [0.15, 0.2) is 0 Å². The van der Waals surface area contributed by atoms with Crippen molar-refractivity contribution in [3.05, 3.63) is 0 Å². The van der Waals surface area contributed by atoms with Crippen molar-refractivity contribution in [2.45, 2.75) is 51.0 Å². The van der Waals surface area contributed by atoms with Crippen LogP contribution in [0.25, 0.3) is 0 Å². The lowest BCUT2D eigenvalue weighted by Crippen LogP contribution is -2.45. The van der Waals surface area contributed by atoms with Gasteiger partial charge in [0, 0.05) is 19.0 Å². The quantitative estimate of drug-likeness (QED) is 0.511. The molecule has 0 aliphatic heterocycles. The van der Waals surface area contributed by atoms with Crippen LogP contribution in [0.2, 0.25) is 0 Å². The van der Waals surface area contributed by atoms with Crippen molar-refractivity contribution in [2.24, 2.45) is 11.7 Å². The largest absolute Gasteiger partial charge is 0.481 e. The highest BCUT2D eigenvalue weighted by molar-refractivity contribution is 5.75. The maximum absolute atomic E-state index is 11.6. The molecule has 0 aromatic heterocycles. The summed E-state index contributed by atoms with van der Waals surface area (Å²) in [5.41, 5.74) is 5.01. The Morgan fingerprint density at radius 3 is 2.60 bits per heavy atom. The molecular weight excluding hydrogens is 262 g/mol. The van der Waals surface area contributed by atoms with E-state index in [1.165, 1.54) is 0 Å². The van der Waals surface area contributed by atoms with Gasteiger partial charge in [-0.15, -0.1) is 0 Å². The van der Waals surface area contributed by atoms with Crippen molar-refractivity contribution < 1.29 is 19.5 Å². The highest BCUT2D eigenvalue weighted by Crippen LogP contribution is 2.24. The van der Waals surface area contributed by atoms with Crippen LogP contribution < -0.4 is 16.4 Å². The monoisotopic (exact) mass is 285 g/mol. The molecule has 5 N–H and O–H groups in total. The summed E-state index contributed by atoms with van der Waals surface area (Å²) in [5.74, 6) is -1.48. The number of aliphatic carboxylic acids is 1. The number of carbonyl (C=O) groups is 3. The maximum Gasteiger partial charge on any atom is 0.315 e. The number of nitrogens with one attached hydrogen (secondary N) is 2. The number of primary amides is 1. The van der Waals surface area contributed by atoms with E-state index in [0.29, 0.717) is 38.6 Å². The highest BCUT2D eigenvalue weighted by atomic mass is 16.4. The summed E-state index contributed by atoms with van der Waals surface area (Å²) in [6, 6.07) is -0.351. The number of urea groups is 1. The van der Waals surface area contributed by atoms with Gasteiger partial charge in [0.2, 0.25) is 5.91 Å². The fraction of sp³-hybridized carbons (Fsp3) is 0.769. The molecule has 0 saturated heterocycles. The molecule has 20 heavy (non-hydrogen) atoms. The molecule has 0 aromatic carbocycles. The van der Waals surface area contributed by atoms with Crippen LogP contribution in [-0.4, -0.2) is 35.6 Å². The van der Waals surface area contributed by atoms with Gasteiger partial charge < -0.3 is 21.5 Å². The molecule has 0 spiro atoms. The third-order valence-corrected chi connectivity index (χ3v) is 3.49. The summed E-state index contributed by atoms with van der Waals surface area (Å²) in [6.07, 6.45) is 4.48. The second-order valence-electron chi connectivity index (χ2n) is 5.22. The highest BCUT2D eigenvalue weighted by Gasteiger charge is 2.27. The molecule has 0 bridgehead atoms. The molecule has 1 rings (SSSR count). The smallest absolute Gasteiger partial charge is 0.315 e. The first-order valence-electron chi connectivity index (χ1n) is 7.04. The minimum Gasteiger partial charge on any atom is -0.481 e. The number of unbranched alkanes of at least 4 members (excludes halogenated alkanes) is 1. The predicted octanol–water partition coefficient (Wildman–Crippen LogP) is 0.585. The molecule has 2 unspecified atom stereocenters. The van der Waals surface area contributed by atoms with Gasteiger partial charge >= 0.3 is 12.0 Å². The second kappa shape index (κ2) is 8.39. The molecule has 2 atom stereocenters. The van der Waals surface area contributed by atoms with Gasteiger partial charge in [0.05, 0.1) is 5.92 Å². The Kier molecular flexibility index (Phi) is 6.83. The third-order valence-electron chi connectivity index (χ3n) is 3.49. The minimum atomic E-state index is -0.789. The van der Waals surface area contributed by atoms with E-state index in [0.717, 1.165) is 12.8 Å². The normalized spacial score (nSPS) is 22.0. The molecular formula is C13H23N3O4. The van der Waals surface area contributed by atoms with Crippen LogP contribution in [0.3, 0.4) is 0 Å². The van der Waals surface area contributed by atoms with E-state index >= 15 is 0 Å². The summed E-state index contributed by atoms with van der Waals surface area (Å²) in [6.45, 7) is 0.480. The van der Waals surface area contributed by atoms with Gasteiger partial charge in [-0.3, -0.25) is 9.59 Å². The van der Waals surface area contributed by atoms with E-state index < -0.39 is 5.97 Å². The van der Waals surface area contributed by atoms with Crippen molar-refractivity contribution in [1.29, 1.82) is 0 Å². The standard InChI is InChI=1S/C13H23N3O4/c14-11(17)6-1-2-7-15-13(20)16-10-5-3-4-9(8-10)12(18)19/h9-10H,1-8H2,(H2,14,17)(H,18,19)(H2,15,16,20). The summed E-state index contributed by atoms with van der Waals surface area (Å²) in [4.78, 5) is 33.1. The Hall–Kier alpha value is -1.79. The summed E-state index contributed by atoms with van der Waals surface area (Å²) in [5, 5.41) is 14.5. The number of nitrogens with two attached hydrogens (primary N) is 1. The van der Waals surface area contributed by atoms with Crippen LogP contribution in [-0.2, 0) is 9.59 Å². The van der Waals surface area contributed by atoms with Crippen LogP contribution >= 0.6 is 0 Å². The molecule has 7 nitrogen and oxygen atoms in total. The van der Waals surface area contributed by atoms with Crippen LogP contribution in [0.5, 0.6) is 0 Å². The Balaban J connectivity index is 2.15. The van der Waals surface area contributed by atoms with Gasteiger partial charge in [0.1, 0.15) is 0 Å². The number of amides is 3. The van der Waals surface area contributed by atoms with E-state index in [1.54, 1.807) is 0 Å². The topological polar surface area (TPSA) is 122 Å². The average molecular weight is 285 g/mol. The lowest BCUT2D eigenvalue weighted by molar-refractivity contribution is -0.143. The Morgan fingerprint density at radius 1 is 1.20 bits per heavy atom. The fourth-order valence-corrected chi connectivity index (χ4v) is 2.41. The minimum absolute atomic E-state index is 0.0736. The van der Waals surface area contributed by atoms with Gasteiger partial charge in [-0.25, -0.2) is 4.79 Å². The Morgan fingerprint density at radius 2 is 1.95 bits per heavy atom. The first-order valence-corrected chi connectivity index (χ1v) is 7.04.